The van der Waals surface area contributed by atoms with Crippen molar-refractivity contribution in [2.45, 2.75) is 50.5 Å². The Morgan fingerprint density at radius 3 is 2.03 bits per heavy atom. The minimum atomic E-state index is -0.938. The molecule has 1 saturated carbocycles. The SMILES string of the molecule is O=C1C(c2ccccc2)C(=O)N(C2CCCCC2)C(=O)N1CCc1ccccc1. The number of benzene rings is 2. The van der Waals surface area contributed by atoms with Crippen molar-refractivity contribution in [1.82, 2.24) is 9.80 Å². The van der Waals surface area contributed by atoms with Gasteiger partial charge in [-0.3, -0.25) is 19.4 Å². The fourth-order valence-corrected chi connectivity index (χ4v) is 4.42. The minimum Gasteiger partial charge on any atom is -0.273 e. The number of nitrogens with zero attached hydrogens (tertiary/aromatic N) is 2. The van der Waals surface area contributed by atoms with Gasteiger partial charge in [0.2, 0.25) is 11.8 Å². The van der Waals surface area contributed by atoms with Crippen molar-refractivity contribution in [3.8, 4) is 0 Å². The number of hydrogen-bond acceptors (Lipinski definition) is 3. The van der Waals surface area contributed by atoms with E-state index in [1.165, 1.54) is 9.80 Å². The molecule has 2 aromatic rings. The monoisotopic (exact) mass is 390 g/mol. The van der Waals surface area contributed by atoms with Crippen molar-refractivity contribution < 1.29 is 14.4 Å². The van der Waals surface area contributed by atoms with Gasteiger partial charge in [-0.1, -0.05) is 79.9 Å². The van der Waals surface area contributed by atoms with E-state index in [1.54, 1.807) is 12.1 Å². The Morgan fingerprint density at radius 1 is 0.759 bits per heavy atom. The Bertz CT molecular complexity index is 876. The summed E-state index contributed by atoms with van der Waals surface area (Å²) in [5, 5.41) is 0. The standard InChI is InChI=1S/C24H26N2O3/c27-22-21(19-12-6-2-7-13-19)23(28)26(20-14-8-3-9-15-20)24(29)25(22)17-16-18-10-4-1-5-11-18/h1-2,4-7,10-13,20-21H,3,8-9,14-17H2. The Hall–Kier alpha value is -2.95. The van der Waals surface area contributed by atoms with E-state index in [4.69, 9.17) is 0 Å². The maximum atomic E-state index is 13.3. The Balaban J connectivity index is 1.64. The molecule has 1 saturated heterocycles. The maximum Gasteiger partial charge on any atom is 0.333 e. The second kappa shape index (κ2) is 8.60. The van der Waals surface area contributed by atoms with Gasteiger partial charge in [0.15, 0.2) is 0 Å². The fourth-order valence-electron chi connectivity index (χ4n) is 4.42. The van der Waals surface area contributed by atoms with Crippen LogP contribution >= 0.6 is 0 Å². The second-order valence-corrected chi connectivity index (χ2v) is 7.85. The molecule has 5 nitrogen and oxygen atoms in total. The molecule has 0 radical (unpaired) electrons. The third-order valence-electron chi connectivity index (χ3n) is 5.97. The Labute approximate surface area is 171 Å². The molecule has 2 fully saturated rings. The first-order valence-electron chi connectivity index (χ1n) is 10.4. The van der Waals surface area contributed by atoms with Gasteiger partial charge in [0.1, 0.15) is 5.92 Å². The molecule has 4 amide bonds. The molecule has 4 rings (SSSR count). The number of amides is 4. The molecule has 1 unspecified atom stereocenters. The summed E-state index contributed by atoms with van der Waals surface area (Å²) in [6.07, 6.45) is 5.36. The van der Waals surface area contributed by atoms with Crippen LogP contribution in [0.1, 0.15) is 49.1 Å². The molecular weight excluding hydrogens is 364 g/mol. The highest BCUT2D eigenvalue weighted by Gasteiger charge is 2.48. The van der Waals surface area contributed by atoms with Crippen LogP contribution in [0.5, 0.6) is 0 Å². The zero-order valence-corrected chi connectivity index (χ0v) is 16.5. The lowest BCUT2D eigenvalue weighted by Crippen LogP contribution is -2.62. The zero-order chi connectivity index (χ0) is 20.2. The molecule has 0 spiro atoms. The third-order valence-corrected chi connectivity index (χ3v) is 5.97. The predicted molar refractivity (Wildman–Crippen MR) is 110 cm³/mol. The molecular formula is C24H26N2O3. The molecule has 29 heavy (non-hydrogen) atoms. The maximum absolute atomic E-state index is 13.3. The topological polar surface area (TPSA) is 57.7 Å². The van der Waals surface area contributed by atoms with E-state index in [9.17, 15) is 14.4 Å². The van der Waals surface area contributed by atoms with Gasteiger partial charge in [0.05, 0.1) is 0 Å². The molecule has 150 valence electrons. The van der Waals surface area contributed by atoms with Crippen LogP contribution in [0.2, 0.25) is 0 Å². The largest absolute Gasteiger partial charge is 0.333 e. The summed E-state index contributed by atoms with van der Waals surface area (Å²) in [6.45, 7) is 0.279. The normalized spacial score (nSPS) is 21.0. The molecule has 2 aromatic carbocycles. The minimum absolute atomic E-state index is 0.109. The first-order chi connectivity index (χ1) is 14.2. The number of hydrogen-bond donors (Lipinski definition) is 0. The quantitative estimate of drug-likeness (QED) is 0.721. The number of urea groups is 1. The van der Waals surface area contributed by atoms with Gasteiger partial charge in [-0.05, 0) is 30.4 Å². The molecule has 1 aliphatic heterocycles. The fraction of sp³-hybridized carbons (Fsp3) is 0.375. The van der Waals surface area contributed by atoms with Crippen LogP contribution in [0, 0.1) is 0 Å². The van der Waals surface area contributed by atoms with E-state index in [0.29, 0.717) is 12.0 Å². The molecule has 1 atom stereocenters. The molecule has 2 aliphatic rings. The summed E-state index contributed by atoms with van der Waals surface area (Å²) < 4.78 is 0. The van der Waals surface area contributed by atoms with Crippen LogP contribution in [-0.2, 0) is 16.0 Å². The number of imide groups is 2. The van der Waals surface area contributed by atoms with E-state index >= 15 is 0 Å². The van der Waals surface area contributed by atoms with Crippen molar-refractivity contribution in [3.63, 3.8) is 0 Å². The Morgan fingerprint density at radius 2 is 1.38 bits per heavy atom. The number of carbonyl (C=O) groups excluding carboxylic acids is 3. The van der Waals surface area contributed by atoms with Crippen LogP contribution in [-0.4, -0.2) is 40.2 Å². The van der Waals surface area contributed by atoms with Crippen molar-refractivity contribution >= 4 is 17.8 Å². The first-order valence-corrected chi connectivity index (χ1v) is 10.4. The van der Waals surface area contributed by atoms with Crippen LogP contribution in [0.25, 0.3) is 0 Å². The highest BCUT2D eigenvalue weighted by Crippen LogP contribution is 2.32. The number of rotatable bonds is 5. The van der Waals surface area contributed by atoms with E-state index in [1.807, 2.05) is 48.5 Å². The smallest absolute Gasteiger partial charge is 0.273 e. The van der Waals surface area contributed by atoms with Gasteiger partial charge >= 0.3 is 6.03 Å². The summed E-state index contributed by atoms with van der Waals surface area (Å²) in [5.74, 6) is -1.71. The van der Waals surface area contributed by atoms with E-state index < -0.39 is 17.9 Å². The van der Waals surface area contributed by atoms with Crippen molar-refractivity contribution in [3.05, 3.63) is 71.8 Å². The lowest BCUT2D eigenvalue weighted by atomic mass is 9.89. The molecule has 0 bridgehead atoms. The van der Waals surface area contributed by atoms with Crippen LogP contribution in [0.15, 0.2) is 60.7 Å². The molecule has 5 heteroatoms. The highest BCUT2D eigenvalue weighted by molar-refractivity contribution is 6.19. The highest BCUT2D eigenvalue weighted by atomic mass is 16.2. The Kier molecular flexibility index (Phi) is 5.74. The second-order valence-electron chi connectivity index (χ2n) is 7.85. The third kappa shape index (κ3) is 3.95. The van der Waals surface area contributed by atoms with Gasteiger partial charge < -0.3 is 0 Å². The summed E-state index contributed by atoms with van der Waals surface area (Å²) in [6, 6.07) is 18.3. The lowest BCUT2D eigenvalue weighted by Gasteiger charge is -2.42. The molecule has 0 aromatic heterocycles. The van der Waals surface area contributed by atoms with Crippen molar-refractivity contribution in [2.24, 2.45) is 0 Å². The zero-order valence-electron chi connectivity index (χ0n) is 16.5. The van der Waals surface area contributed by atoms with E-state index in [0.717, 1.165) is 37.7 Å². The number of barbiturate groups is 1. The van der Waals surface area contributed by atoms with Gasteiger partial charge in [-0.2, -0.15) is 0 Å². The molecule has 1 heterocycles. The van der Waals surface area contributed by atoms with Crippen LogP contribution in [0.4, 0.5) is 4.79 Å². The average Bonchev–Trinajstić information content (AvgIpc) is 2.76. The van der Waals surface area contributed by atoms with Crippen molar-refractivity contribution in [1.29, 1.82) is 0 Å². The molecule has 0 N–H and O–H groups in total. The summed E-state index contributed by atoms with van der Waals surface area (Å²) >= 11 is 0. The van der Waals surface area contributed by atoms with Crippen LogP contribution in [0.3, 0.4) is 0 Å². The summed E-state index contributed by atoms with van der Waals surface area (Å²) in [7, 11) is 0. The number of carbonyl (C=O) groups is 3. The van der Waals surface area contributed by atoms with Gasteiger partial charge in [0, 0.05) is 12.6 Å². The van der Waals surface area contributed by atoms with Gasteiger partial charge in [0.25, 0.3) is 0 Å². The van der Waals surface area contributed by atoms with E-state index in [-0.39, 0.29) is 18.5 Å². The summed E-state index contributed by atoms with van der Waals surface area (Å²) in [5.41, 5.74) is 1.71. The van der Waals surface area contributed by atoms with Gasteiger partial charge in [-0.25, -0.2) is 4.79 Å². The average molecular weight is 390 g/mol. The van der Waals surface area contributed by atoms with Gasteiger partial charge in [-0.15, -0.1) is 0 Å². The van der Waals surface area contributed by atoms with Crippen LogP contribution < -0.4 is 0 Å². The molecule has 1 aliphatic carbocycles. The lowest BCUT2D eigenvalue weighted by molar-refractivity contribution is -0.147. The van der Waals surface area contributed by atoms with Crippen molar-refractivity contribution in [2.75, 3.05) is 6.54 Å². The summed E-state index contributed by atoms with van der Waals surface area (Å²) in [4.78, 5) is 42.5. The first kappa shape index (κ1) is 19.4. The predicted octanol–water partition coefficient (Wildman–Crippen LogP) is 4.14. The van der Waals surface area contributed by atoms with E-state index in [2.05, 4.69) is 0 Å².